The maximum Gasteiger partial charge on any atom is 0.441 e. The third-order valence-corrected chi connectivity index (χ3v) is 3.70. The van der Waals surface area contributed by atoms with E-state index in [0.29, 0.717) is 18.3 Å². The molecule has 1 N–H and O–H groups in total. The highest BCUT2D eigenvalue weighted by Crippen LogP contribution is 2.32. The molecule has 1 nitrogen and oxygen atoms in total. The Morgan fingerprint density at radius 3 is 2.18 bits per heavy atom. The zero-order chi connectivity index (χ0) is 13.5. The average molecular weight is 271 g/mol. The van der Waals surface area contributed by atoms with Gasteiger partial charge >= 0.3 is 5.51 Å². The molecule has 0 radical (unpaired) electrons. The summed E-state index contributed by atoms with van der Waals surface area (Å²) in [4.78, 5) is 0. The van der Waals surface area contributed by atoms with Crippen LogP contribution in [0.3, 0.4) is 0 Å². The van der Waals surface area contributed by atoms with Gasteiger partial charge in [-0.05, 0) is 38.1 Å². The Hall–Kier alpha value is 0.100. The van der Waals surface area contributed by atoms with Gasteiger partial charge in [0.2, 0.25) is 0 Å². The zero-order valence-electron chi connectivity index (χ0n) is 11.1. The van der Waals surface area contributed by atoms with E-state index in [2.05, 4.69) is 33.0 Å². The van der Waals surface area contributed by atoms with E-state index in [-0.39, 0.29) is 23.6 Å². The molecule has 2 atom stereocenters. The predicted molar refractivity (Wildman–Crippen MR) is 69.2 cm³/mol. The van der Waals surface area contributed by atoms with Crippen LogP contribution < -0.4 is 5.32 Å². The van der Waals surface area contributed by atoms with Gasteiger partial charge in [0.15, 0.2) is 0 Å². The molecule has 0 fully saturated rings. The van der Waals surface area contributed by atoms with Crippen LogP contribution in [0.4, 0.5) is 13.2 Å². The molecule has 0 aromatic rings. The molecular weight excluding hydrogens is 247 g/mol. The summed E-state index contributed by atoms with van der Waals surface area (Å²) in [5, 5.41) is 3.37. The fraction of sp³-hybridized carbons (Fsp3) is 1.00. The molecule has 0 aromatic carbocycles. The summed E-state index contributed by atoms with van der Waals surface area (Å²) < 4.78 is 36.2. The van der Waals surface area contributed by atoms with E-state index in [9.17, 15) is 13.2 Å². The first-order valence-corrected chi connectivity index (χ1v) is 7.20. The summed E-state index contributed by atoms with van der Waals surface area (Å²) in [5.74, 6) is 0.865. The molecular formula is C12H24F3NS. The van der Waals surface area contributed by atoms with Crippen LogP contribution in [0.25, 0.3) is 0 Å². The van der Waals surface area contributed by atoms with E-state index in [0.717, 1.165) is 13.0 Å². The molecule has 0 spiro atoms. The van der Waals surface area contributed by atoms with Gasteiger partial charge in [0.1, 0.15) is 0 Å². The van der Waals surface area contributed by atoms with E-state index in [1.807, 2.05) is 0 Å². The molecule has 5 heteroatoms. The van der Waals surface area contributed by atoms with Gasteiger partial charge < -0.3 is 5.32 Å². The van der Waals surface area contributed by atoms with Crippen LogP contribution in [0.5, 0.6) is 0 Å². The Morgan fingerprint density at radius 2 is 1.76 bits per heavy atom. The van der Waals surface area contributed by atoms with Gasteiger partial charge in [-0.15, -0.1) is 0 Å². The highest BCUT2D eigenvalue weighted by Gasteiger charge is 2.29. The minimum absolute atomic E-state index is 0.0928. The quantitative estimate of drug-likeness (QED) is 0.707. The van der Waals surface area contributed by atoms with Crippen molar-refractivity contribution in [1.29, 1.82) is 0 Å². The summed E-state index contributed by atoms with van der Waals surface area (Å²) in [7, 11) is 0. The fourth-order valence-corrected chi connectivity index (χ4v) is 2.62. The van der Waals surface area contributed by atoms with Gasteiger partial charge in [-0.2, -0.15) is 13.2 Å². The monoisotopic (exact) mass is 271 g/mol. The summed E-state index contributed by atoms with van der Waals surface area (Å²) in [6, 6.07) is 0.281. The molecule has 0 aromatic heterocycles. The number of hydrogen-bond donors (Lipinski definition) is 1. The largest absolute Gasteiger partial charge is 0.441 e. The molecule has 17 heavy (non-hydrogen) atoms. The van der Waals surface area contributed by atoms with Crippen LogP contribution in [0.2, 0.25) is 0 Å². The standard InChI is InChI=1S/C12H24F3NS/c1-5-7-16-10(4)11(9(2)3)6-8-17-12(13,14)15/h9-11,16H,5-8H2,1-4H3. The van der Waals surface area contributed by atoms with Gasteiger partial charge in [0, 0.05) is 11.8 Å². The highest BCUT2D eigenvalue weighted by molar-refractivity contribution is 8.00. The van der Waals surface area contributed by atoms with Gasteiger partial charge in [-0.3, -0.25) is 0 Å². The second-order valence-electron chi connectivity index (χ2n) is 4.73. The SMILES string of the molecule is CCCNC(C)C(CCSC(F)(F)F)C(C)C. The molecule has 0 rings (SSSR count). The van der Waals surface area contributed by atoms with Gasteiger partial charge in [0.25, 0.3) is 0 Å². The van der Waals surface area contributed by atoms with Crippen LogP contribution in [-0.2, 0) is 0 Å². The van der Waals surface area contributed by atoms with Gasteiger partial charge in [-0.25, -0.2) is 0 Å². The Kier molecular flexibility index (Phi) is 8.29. The molecule has 0 amide bonds. The van der Waals surface area contributed by atoms with E-state index in [1.54, 1.807) is 0 Å². The minimum atomic E-state index is -4.10. The van der Waals surface area contributed by atoms with Crippen molar-refractivity contribution < 1.29 is 13.2 Å². The van der Waals surface area contributed by atoms with Crippen LogP contribution in [0.15, 0.2) is 0 Å². The number of nitrogens with one attached hydrogen (secondary N) is 1. The first kappa shape index (κ1) is 17.1. The zero-order valence-corrected chi connectivity index (χ0v) is 11.9. The number of rotatable bonds is 8. The molecule has 0 aliphatic rings. The highest BCUT2D eigenvalue weighted by atomic mass is 32.2. The van der Waals surface area contributed by atoms with Crippen molar-refractivity contribution in [2.24, 2.45) is 11.8 Å². The molecule has 2 unspecified atom stereocenters. The van der Waals surface area contributed by atoms with Crippen molar-refractivity contribution >= 4 is 11.8 Å². The van der Waals surface area contributed by atoms with Gasteiger partial charge in [-0.1, -0.05) is 32.5 Å². The van der Waals surface area contributed by atoms with Crippen molar-refractivity contribution in [2.75, 3.05) is 12.3 Å². The second-order valence-corrected chi connectivity index (χ2v) is 5.89. The lowest BCUT2D eigenvalue weighted by Crippen LogP contribution is -2.37. The molecule has 104 valence electrons. The lowest BCUT2D eigenvalue weighted by atomic mass is 9.87. The maximum atomic E-state index is 12.1. The molecule has 0 saturated heterocycles. The van der Waals surface area contributed by atoms with Crippen LogP contribution >= 0.6 is 11.8 Å². The third-order valence-electron chi connectivity index (χ3n) is 2.93. The Bertz CT molecular complexity index is 195. The van der Waals surface area contributed by atoms with E-state index < -0.39 is 5.51 Å². The van der Waals surface area contributed by atoms with Gasteiger partial charge in [0.05, 0.1) is 0 Å². The Balaban J connectivity index is 4.06. The topological polar surface area (TPSA) is 12.0 Å². The van der Waals surface area contributed by atoms with Crippen molar-refractivity contribution in [2.45, 2.75) is 52.1 Å². The smallest absolute Gasteiger partial charge is 0.314 e. The first-order chi connectivity index (χ1) is 7.78. The lowest BCUT2D eigenvalue weighted by Gasteiger charge is -2.28. The fourth-order valence-electron chi connectivity index (χ4n) is 1.99. The number of hydrogen-bond acceptors (Lipinski definition) is 2. The lowest BCUT2D eigenvalue weighted by molar-refractivity contribution is -0.0328. The van der Waals surface area contributed by atoms with Crippen molar-refractivity contribution in [3.63, 3.8) is 0 Å². The molecule has 0 heterocycles. The minimum Gasteiger partial charge on any atom is -0.314 e. The first-order valence-electron chi connectivity index (χ1n) is 6.22. The normalized spacial score (nSPS) is 16.2. The van der Waals surface area contributed by atoms with Crippen LogP contribution in [-0.4, -0.2) is 23.8 Å². The predicted octanol–water partition coefficient (Wildman–Crippen LogP) is 4.29. The number of thioether (sulfide) groups is 1. The van der Waals surface area contributed by atoms with Crippen molar-refractivity contribution in [3.8, 4) is 0 Å². The third kappa shape index (κ3) is 8.77. The molecule has 0 bridgehead atoms. The summed E-state index contributed by atoms with van der Waals surface area (Å²) in [6.45, 7) is 9.24. The van der Waals surface area contributed by atoms with Crippen molar-refractivity contribution in [1.82, 2.24) is 5.32 Å². The maximum absolute atomic E-state index is 12.1. The summed E-state index contributed by atoms with van der Waals surface area (Å²) in [5.41, 5.74) is -4.10. The Labute approximate surface area is 107 Å². The Morgan fingerprint density at radius 1 is 1.18 bits per heavy atom. The number of halogens is 3. The second kappa shape index (κ2) is 8.25. The molecule has 0 saturated carbocycles. The van der Waals surface area contributed by atoms with E-state index in [4.69, 9.17) is 0 Å². The van der Waals surface area contributed by atoms with Crippen LogP contribution in [0, 0.1) is 11.8 Å². The summed E-state index contributed by atoms with van der Waals surface area (Å²) >= 11 is 0.0928. The van der Waals surface area contributed by atoms with Crippen LogP contribution in [0.1, 0.15) is 40.5 Å². The molecule has 0 aliphatic heterocycles. The number of alkyl halides is 3. The summed E-state index contributed by atoms with van der Waals surface area (Å²) in [6.07, 6.45) is 1.66. The van der Waals surface area contributed by atoms with Crippen molar-refractivity contribution in [3.05, 3.63) is 0 Å². The van der Waals surface area contributed by atoms with E-state index >= 15 is 0 Å². The average Bonchev–Trinajstić information content (AvgIpc) is 2.19. The molecule has 0 aliphatic carbocycles. The van der Waals surface area contributed by atoms with E-state index in [1.165, 1.54) is 0 Å².